The number of amides is 1. The molecule has 7 heteroatoms. The Morgan fingerprint density at radius 1 is 1.12 bits per heavy atom. The first-order valence-electron chi connectivity index (χ1n) is 6.95. The van der Waals surface area contributed by atoms with E-state index in [2.05, 4.69) is 4.98 Å². The molecule has 0 aliphatic carbocycles. The van der Waals surface area contributed by atoms with Crippen LogP contribution in [0.5, 0.6) is 5.75 Å². The zero-order valence-electron chi connectivity index (χ0n) is 12.3. The van der Waals surface area contributed by atoms with Crippen molar-refractivity contribution in [3.8, 4) is 17.2 Å². The van der Waals surface area contributed by atoms with E-state index in [0.717, 1.165) is 5.56 Å². The number of aromatic nitrogens is 1. The zero-order valence-corrected chi connectivity index (χ0v) is 13.8. The van der Waals surface area contributed by atoms with Crippen LogP contribution < -0.4 is 10.5 Å². The molecule has 0 fully saturated rings. The Morgan fingerprint density at radius 2 is 1.83 bits per heavy atom. The fraction of sp³-hybridized carbons (Fsp3) is 0.0588. The lowest BCUT2D eigenvalue weighted by Gasteiger charge is -2.08. The number of hydrogen-bond acceptors (Lipinski definition) is 4. The van der Waals surface area contributed by atoms with Crippen LogP contribution in [0.3, 0.4) is 0 Å². The number of nitrogens with zero attached hydrogens (tertiary/aromatic N) is 1. The van der Waals surface area contributed by atoms with Gasteiger partial charge in [-0.1, -0.05) is 23.2 Å². The van der Waals surface area contributed by atoms with Crippen molar-refractivity contribution < 1.29 is 13.9 Å². The fourth-order valence-corrected chi connectivity index (χ4v) is 2.37. The number of carbonyl (C=O) groups excluding carboxylic acids is 1. The van der Waals surface area contributed by atoms with E-state index in [1.165, 1.54) is 12.3 Å². The predicted molar refractivity (Wildman–Crippen MR) is 91.3 cm³/mol. The number of rotatable bonds is 5. The molecule has 0 atom stereocenters. The second-order valence-electron chi connectivity index (χ2n) is 4.94. The van der Waals surface area contributed by atoms with Crippen molar-refractivity contribution in [3.05, 3.63) is 70.0 Å². The second-order valence-corrected chi connectivity index (χ2v) is 5.82. The van der Waals surface area contributed by atoms with Crippen molar-refractivity contribution in [2.45, 2.75) is 6.61 Å². The summed E-state index contributed by atoms with van der Waals surface area (Å²) in [5, 5.41) is 1.04. The molecule has 1 heterocycles. The summed E-state index contributed by atoms with van der Waals surface area (Å²) in [4.78, 5) is 15.8. The lowest BCUT2D eigenvalue weighted by Crippen LogP contribution is -2.13. The maximum Gasteiger partial charge on any atom is 0.252 e. The molecule has 1 amide bonds. The summed E-state index contributed by atoms with van der Waals surface area (Å²) in [6.07, 6.45) is 1.49. The molecular formula is C17H12Cl2N2O3. The molecule has 1 aromatic heterocycles. The van der Waals surface area contributed by atoms with E-state index in [9.17, 15) is 4.79 Å². The van der Waals surface area contributed by atoms with Gasteiger partial charge in [-0.15, -0.1) is 0 Å². The highest BCUT2D eigenvalue weighted by molar-refractivity contribution is 6.31. The van der Waals surface area contributed by atoms with Crippen LogP contribution in [0.2, 0.25) is 10.0 Å². The van der Waals surface area contributed by atoms with Gasteiger partial charge in [-0.05, 0) is 42.5 Å². The summed E-state index contributed by atoms with van der Waals surface area (Å²) >= 11 is 11.7. The molecule has 3 rings (SSSR count). The molecule has 0 aliphatic rings. The lowest BCUT2D eigenvalue weighted by molar-refractivity contribution is 0.0996. The molecule has 3 aromatic rings. The Balaban J connectivity index is 1.74. The molecule has 0 bridgehead atoms. The van der Waals surface area contributed by atoms with Crippen LogP contribution in [0.4, 0.5) is 0 Å². The Bertz CT molecular complexity index is 876. The minimum absolute atomic E-state index is 0.124. The van der Waals surface area contributed by atoms with Gasteiger partial charge in [0.25, 0.3) is 5.91 Å². The van der Waals surface area contributed by atoms with E-state index >= 15 is 0 Å². The van der Waals surface area contributed by atoms with Crippen LogP contribution in [0.25, 0.3) is 11.5 Å². The number of ether oxygens (including phenoxy) is 1. The minimum atomic E-state index is -0.616. The van der Waals surface area contributed by atoms with Gasteiger partial charge in [0.15, 0.2) is 0 Å². The van der Waals surface area contributed by atoms with Gasteiger partial charge in [0, 0.05) is 15.6 Å². The Hall–Kier alpha value is -2.50. The number of hydrogen-bond donors (Lipinski definition) is 1. The quantitative estimate of drug-likeness (QED) is 0.732. The second kappa shape index (κ2) is 6.95. The van der Waals surface area contributed by atoms with Gasteiger partial charge in [0.05, 0.1) is 5.56 Å². The molecule has 122 valence electrons. The van der Waals surface area contributed by atoms with Crippen molar-refractivity contribution in [1.82, 2.24) is 4.98 Å². The van der Waals surface area contributed by atoms with Gasteiger partial charge in [0.2, 0.25) is 5.89 Å². The Labute approximate surface area is 148 Å². The van der Waals surface area contributed by atoms with Gasteiger partial charge in [-0.2, -0.15) is 0 Å². The third-order valence-corrected chi connectivity index (χ3v) is 3.71. The normalized spacial score (nSPS) is 10.6. The molecule has 0 saturated carbocycles. The monoisotopic (exact) mass is 362 g/mol. The average Bonchev–Trinajstić information content (AvgIpc) is 3.03. The van der Waals surface area contributed by atoms with Crippen LogP contribution in [0, 0.1) is 0 Å². The van der Waals surface area contributed by atoms with E-state index in [4.69, 9.17) is 38.1 Å². The molecule has 0 unspecified atom stereocenters. The van der Waals surface area contributed by atoms with Gasteiger partial charge in [0.1, 0.15) is 24.3 Å². The molecule has 0 radical (unpaired) electrons. The SMILES string of the molecule is NC(=O)c1cc(Cl)ccc1OCc1coc(-c2ccc(Cl)cc2)n1. The van der Waals surface area contributed by atoms with Gasteiger partial charge >= 0.3 is 0 Å². The average molecular weight is 363 g/mol. The summed E-state index contributed by atoms with van der Waals surface area (Å²) in [6.45, 7) is 0.124. The number of halogens is 2. The van der Waals surface area contributed by atoms with E-state index in [1.807, 2.05) is 12.1 Å². The molecule has 2 N–H and O–H groups in total. The summed E-state index contributed by atoms with van der Waals surface area (Å²) < 4.78 is 11.0. The van der Waals surface area contributed by atoms with Crippen molar-refractivity contribution >= 4 is 29.1 Å². The van der Waals surface area contributed by atoms with Crippen molar-refractivity contribution in [2.75, 3.05) is 0 Å². The van der Waals surface area contributed by atoms with Gasteiger partial charge in [-0.25, -0.2) is 4.98 Å². The summed E-state index contributed by atoms with van der Waals surface area (Å²) in [5.74, 6) is 0.175. The van der Waals surface area contributed by atoms with E-state index in [0.29, 0.717) is 27.4 Å². The van der Waals surface area contributed by atoms with E-state index in [-0.39, 0.29) is 12.2 Å². The van der Waals surface area contributed by atoms with Crippen LogP contribution in [0.1, 0.15) is 16.1 Å². The number of primary amides is 1. The number of benzene rings is 2. The number of nitrogens with two attached hydrogens (primary N) is 1. The third kappa shape index (κ3) is 3.69. The maximum absolute atomic E-state index is 11.4. The summed E-state index contributed by atoms with van der Waals surface area (Å²) in [6, 6.07) is 11.8. The molecule has 2 aromatic carbocycles. The minimum Gasteiger partial charge on any atom is -0.486 e. The lowest BCUT2D eigenvalue weighted by atomic mass is 10.2. The molecule has 0 aliphatic heterocycles. The standard InChI is InChI=1S/C17H12Cl2N2O3/c18-11-3-1-10(2-4-11)17-21-13(9-24-17)8-23-15-6-5-12(19)7-14(15)16(20)22/h1-7,9H,8H2,(H2,20,22). The topological polar surface area (TPSA) is 78.4 Å². The van der Waals surface area contributed by atoms with Crippen LogP contribution >= 0.6 is 23.2 Å². The van der Waals surface area contributed by atoms with Crippen LogP contribution in [-0.4, -0.2) is 10.9 Å². The molecule has 24 heavy (non-hydrogen) atoms. The smallest absolute Gasteiger partial charge is 0.252 e. The Morgan fingerprint density at radius 3 is 2.54 bits per heavy atom. The molecular weight excluding hydrogens is 351 g/mol. The third-order valence-electron chi connectivity index (χ3n) is 3.23. The van der Waals surface area contributed by atoms with Gasteiger partial charge in [-0.3, -0.25) is 4.79 Å². The van der Waals surface area contributed by atoms with Crippen LogP contribution in [0.15, 0.2) is 53.1 Å². The summed E-state index contributed by atoms with van der Waals surface area (Å²) in [5.41, 5.74) is 6.91. The number of oxazole rings is 1. The highest BCUT2D eigenvalue weighted by Crippen LogP contribution is 2.25. The first-order valence-corrected chi connectivity index (χ1v) is 7.71. The first kappa shape index (κ1) is 16.4. The molecule has 5 nitrogen and oxygen atoms in total. The van der Waals surface area contributed by atoms with Crippen molar-refractivity contribution in [2.24, 2.45) is 5.73 Å². The van der Waals surface area contributed by atoms with Crippen molar-refractivity contribution in [3.63, 3.8) is 0 Å². The maximum atomic E-state index is 11.4. The highest BCUT2D eigenvalue weighted by Gasteiger charge is 2.12. The summed E-state index contributed by atoms with van der Waals surface area (Å²) in [7, 11) is 0. The van der Waals surface area contributed by atoms with E-state index < -0.39 is 5.91 Å². The van der Waals surface area contributed by atoms with E-state index in [1.54, 1.807) is 24.3 Å². The van der Waals surface area contributed by atoms with Gasteiger partial charge < -0.3 is 14.9 Å². The fourth-order valence-electron chi connectivity index (χ4n) is 2.07. The highest BCUT2D eigenvalue weighted by atomic mass is 35.5. The van der Waals surface area contributed by atoms with Crippen molar-refractivity contribution in [1.29, 1.82) is 0 Å². The Kier molecular flexibility index (Phi) is 4.74. The predicted octanol–water partition coefficient (Wildman–Crippen LogP) is 4.33. The molecule has 0 saturated heterocycles. The van der Waals surface area contributed by atoms with Crippen LogP contribution in [-0.2, 0) is 6.61 Å². The molecule has 0 spiro atoms. The zero-order chi connectivity index (χ0) is 17.1. The number of carbonyl (C=O) groups is 1. The largest absolute Gasteiger partial charge is 0.486 e. The first-order chi connectivity index (χ1) is 11.5.